The third-order valence-corrected chi connectivity index (χ3v) is 2.35. The van der Waals surface area contributed by atoms with E-state index in [1.807, 2.05) is 11.8 Å². The zero-order valence-corrected chi connectivity index (χ0v) is 10.4. The number of thioether (sulfide) groups is 1. The largest absolute Gasteiger partial charge is 0.357 e. The fourth-order valence-corrected chi connectivity index (χ4v) is 1.42. The highest BCUT2D eigenvalue weighted by Gasteiger charge is 1.94. The lowest BCUT2D eigenvalue weighted by Crippen LogP contribution is -2.38. The second-order valence-electron chi connectivity index (χ2n) is 3.03. The van der Waals surface area contributed by atoms with E-state index in [2.05, 4.69) is 35.7 Å². The molecule has 0 heterocycles. The van der Waals surface area contributed by atoms with Crippen molar-refractivity contribution >= 4 is 17.7 Å². The van der Waals surface area contributed by atoms with E-state index in [9.17, 15) is 0 Å². The molecule has 0 aromatic carbocycles. The Balaban J connectivity index is 3.61. The first-order valence-electron chi connectivity index (χ1n) is 5.36. The first-order chi connectivity index (χ1) is 6.85. The van der Waals surface area contributed by atoms with Gasteiger partial charge in [0.15, 0.2) is 5.96 Å². The van der Waals surface area contributed by atoms with Gasteiger partial charge in [0.1, 0.15) is 0 Å². The van der Waals surface area contributed by atoms with Gasteiger partial charge in [0, 0.05) is 19.6 Å². The van der Waals surface area contributed by atoms with E-state index in [1.165, 1.54) is 12.2 Å². The third kappa shape index (κ3) is 8.23. The maximum absolute atomic E-state index is 4.42. The van der Waals surface area contributed by atoms with Gasteiger partial charge in [-0.3, -0.25) is 4.99 Å². The molecular formula is C10H23N3S. The minimum absolute atomic E-state index is 0.901. The van der Waals surface area contributed by atoms with Crippen molar-refractivity contribution in [1.29, 1.82) is 0 Å². The summed E-state index contributed by atoms with van der Waals surface area (Å²) < 4.78 is 0. The SMILES string of the molecule is CCCN=C(NCC)NCCCSC. The Kier molecular flexibility index (Phi) is 10.4. The molecule has 0 bridgehead atoms. The topological polar surface area (TPSA) is 36.4 Å². The number of guanidine groups is 1. The summed E-state index contributed by atoms with van der Waals surface area (Å²) in [6, 6.07) is 0. The highest BCUT2D eigenvalue weighted by atomic mass is 32.2. The lowest BCUT2D eigenvalue weighted by atomic mass is 10.5. The third-order valence-electron chi connectivity index (χ3n) is 1.66. The molecule has 0 aromatic heterocycles. The van der Waals surface area contributed by atoms with Crippen molar-refractivity contribution in [2.45, 2.75) is 26.7 Å². The van der Waals surface area contributed by atoms with E-state index in [4.69, 9.17) is 0 Å². The van der Waals surface area contributed by atoms with Crippen LogP contribution in [0.1, 0.15) is 26.7 Å². The number of rotatable bonds is 7. The fourth-order valence-electron chi connectivity index (χ4n) is 0.989. The van der Waals surface area contributed by atoms with Crippen LogP contribution in [-0.2, 0) is 0 Å². The molecule has 0 saturated heterocycles. The van der Waals surface area contributed by atoms with Crippen LogP contribution in [0.5, 0.6) is 0 Å². The van der Waals surface area contributed by atoms with Crippen molar-refractivity contribution in [2.24, 2.45) is 4.99 Å². The predicted octanol–water partition coefficient (Wildman–Crippen LogP) is 1.70. The summed E-state index contributed by atoms with van der Waals surface area (Å²) in [5.41, 5.74) is 0. The molecule has 0 unspecified atom stereocenters. The van der Waals surface area contributed by atoms with Crippen LogP contribution in [-0.4, -0.2) is 37.6 Å². The summed E-state index contributed by atoms with van der Waals surface area (Å²) in [7, 11) is 0. The van der Waals surface area contributed by atoms with Crippen molar-refractivity contribution < 1.29 is 0 Å². The molecule has 2 N–H and O–H groups in total. The molecule has 0 aliphatic rings. The molecule has 0 spiro atoms. The number of nitrogens with zero attached hydrogens (tertiary/aromatic N) is 1. The van der Waals surface area contributed by atoms with E-state index in [0.717, 1.165) is 32.0 Å². The van der Waals surface area contributed by atoms with Gasteiger partial charge in [0.25, 0.3) is 0 Å². The van der Waals surface area contributed by atoms with Gasteiger partial charge in [0.2, 0.25) is 0 Å². The molecule has 0 amide bonds. The van der Waals surface area contributed by atoms with Crippen molar-refractivity contribution in [3.63, 3.8) is 0 Å². The number of nitrogens with one attached hydrogen (secondary N) is 2. The van der Waals surface area contributed by atoms with E-state index >= 15 is 0 Å². The molecule has 4 heteroatoms. The molecule has 0 aliphatic carbocycles. The number of hydrogen-bond donors (Lipinski definition) is 2. The molecule has 0 fully saturated rings. The van der Waals surface area contributed by atoms with Gasteiger partial charge in [0.05, 0.1) is 0 Å². The van der Waals surface area contributed by atoms with Gasteiger partial charge in [-0.15, -0.1) is 0 Å². The lowest BCUT2D eigenvalue weighted by molar-refractivity contribution is 0.785. The summed E-state index contributed by atoms with van der Waals surface area (Å²) in [5.74, 6) is 2.16. The van der Waals surface area contributed by atoms with E-state index in [0.29, 0.717) is 0 Å². The van der Waals surface area contributed by atoms with Crippen LogP contribution in [0.25, 0.3) is 0 Å². The maximum Gasteiger partial charge on any atom is 0.191 e. The fraction of sp³-hybridized carbons (Fsp3) is 0.900. The summed E-state index contributed by atoms with van der Waals surface area (Å²) in [6.45, 7) is 7.07. The number of aliphatic imine (C=N–C) groups is 1. The first kappa shape index (κ1) is 13.6. The van der Waals surface area contributed by atoms with Gasteiger partial charge in [-0.2, -0.15) is 11.8 Å². The Bertz CT molecular complexity index is 148. The highest BCUT2D eigenvalue weighted by Crippen LogP contribution is 1.93. The quantitative estimate of drug-likeness (QED) is 0.387. The van der Waals surface area contributed by atoms with E-state index < -0.39 is 0 Å². The van der Waals surface area contributed by atoms with Gasteiger partial charge in [-0.05, 0) is 31.8 Å². The average Bonchev–Trinajstić information content (AvgIpc) is 2.20. The van der Waals surface area contributed by atoms with Gasteiger partial charge in [-0.1, -0.05) is 6.92 Å². The normalized spacial score (nSPS) is 11.5. The first-order valence-corrected chi connectivity index (χ1v) is 6.75. The minimum atomic E-state index is 0.901. The van der Waals surface area contributed by atoms with Crippen molar-refractivity contribution in [1.82, 2.24) is 10.6 Å². The second kappa shape index (κ2) is 10.7. The smallest absolute Gasteiger partial charge is 0.191 e. The highest BCUT2D eigenvalue weighted by molar-refractivity contribution is 7.98. The molecule has 0 atom stereocenters. The zero-order valence-electron chi connectivity index (χ0n) is 9.60. The van der Waals surface area contributed by atoms with Crippen molar-refractivity contribution in [2.75, 3.05) is 31.6 Å². The molecule has 14 heavy (non-hydrogen) atoms. The molecule has 0 radical (unpaired) electrons. The van der Waals surface area contributed by atoms with Crippen molar-refractivity contribution in [3.05, 3.63) is 0 Å². The Hall–Kier alpha value is -0.380. The second-order valence-corrected chi connectivity index (χ2v) is 4.02. The maximum atomic E-state index is 4.42. The van der Waals surface area contributed by atoms with E-state index in [1.54, 1.807) is 0 Å². The Morgan fingerprint density at radius 2 is 2.07 bits per heavy atom. The molecule has 3 nitrogen and oxygen atoms in total. The Morgan fingerprint density at radius 1 is 1.29 bits per heavy atom. The summed E-state index contributed by atoms with van der Waals surface area (Å²) >= 11 is 1.88. The van der Waals surface area contributed by atoms with Crippen molar-refractivity contribution in [3.8, 4) is 0 Å². The molecule has 0 rings (SSSR count). The monoisotopic (exact) mass is 217 g/mol. The van der Waals surface area contributed by atoms with Crippen LogP contribution in [0.3, 0.4) is 0 Å². The Labute approximate surface area is 92.1 Å². The van der Waals surface area contributed by atoms with Gasteiger partial charge < -0.3 is 10.6 Å². The number of hydrogen-bond acceptors (Lipinski definition) is 2. The van der Waals surface area contributed by atoms with Crippen LogP contribution in [0.15, 0.2) is 4.99 Å². The minimum Gasteiger partial charge on any atom is -0.357 e. The summed E-state index contributed by atoms with van der Waals surface area (Å²) in [6.07, 6.45) is 4.43. The summed E-state index contributed by atoms with van der Waals surface area (Å²) in [5, 5.41) is 6.54. The summed E-state index contributed by atoms with van der Waals surface area (Å²) in [4.78, 5) is 4.42. The standard InChI is InChI=1S/C10H23N3S/c1-4-7-12-10(11-5-2)13-8-6-9-14-3/h4-9H2,1-3H3,(H2,11,12,13). The molecular weight excluding hydrogens is 194 g/mol. The lowest BCUT2D eigenvalue weighted by Gasteiger charge is -2.10. The van der Waals surface area contributed by atoms with Crippen LogP contribution in [0.2, 0.25) is 0 Å². The zero-order chi connectivity index (χ0) is 10.6. The predicted molar refractivity (Wildman–Crippen MR) is 67.3 cm³/mol. The average molecular weight is 217 g/mol. The molecule has 84 valence electrons. The van der Waals surface area contributed by atoms with Crippen LogP contribution >= 0.6 is 11.8 Å². The van der Waals surface area contributed by atoms with Crippen LogP contribution in [0, 0.1) is 0 Å². The van der Waals surface area contributed by atoms with Crippen LogP contribution in [0.4, 0.5) is 0 Å². The molecule has 0 aromatic rings. The Morgan fingerprint density at radius 3 is 2.64 bits per heavy atom. The van der Waals surface area contributed by atoms with Crippen LogP contribution < -0.4 is 10.6 Å². The van der Waals surface area contributed by atoms with Gasteiger partial charge in [-0.25, -0.2) is 0 Å². The van der Waals surface area contributed by atoms with Gasteiger partial charge >= 0.3 is 0 Å². The van der Waals surface area contributed by atoms with E-state index in [-0.39, 0.29) is 0 Å². The molecule has 0 aliphatic heterocycles. The molecule has 0 saturated carbocycles.